The molecule has 0 heterocycles. The normalized spacial score (nSPS) is 28.1. The van der Waals surface area contributed by atoms with Crippen molar-refractivity contribution in [1.82, 2.24) is 0 Å². The van der Waals surface area contributed by atoms with Gasteiger partial charge in [-0.25, -0.2) is 8.42 Å². The molecule has 106 valence electrons. The molecule has 19 heavy (non-hydrogen) atoms. The van der Waals surface area contributed by atoms with Gasteiger partial charge in [-0.1, -0.05) is 26.3 Å². The summed E-state index contributed by atoms with van der Waals surface area (Å²) in [5.74, 6) is 1.38. The van der Waals surface area contributed by atoms with Crippen LogP contribution in [0.3, 0.4) is 0 Å². The highest BCUT2D eigenvalue weighted by Crippen LogP contribution is 2.31. The Hall–Kier alpha value is -1.03. The first-order valence-corrected chi connectivity index (χ1v) is 8.82. The van der Waals surface area contributed by atoms with E-state index in [-0.39, 0.29) is 0 Å². The van der Waals surface area contributed by atoms with Crippen molar-refractivity contribution in [2.75, 3.05) is 11.6 Å². The Labute approximate surface area is 116 Å². The average Bonchev–Trinajstić information content (AvgIpc) is 2.33. The molecule has 0 aliphatic heterocycles. The number of hydrogen-bond acceptors (Lipinski definition) is 3. The van der Waals surface area contributed by atoms with Gasteiger partial charge in [0, 0.05) is 18.0 Å². The Kier molecular flexibility index (Phi) is 4.19. The Balaban J connectivity index is 2.15. The van der Waals surface area contributed by atoms with Gasteiger partial charge in [0.05, 0.1) is 4.90 Å². The van der Waals surface area contributed by atoms with E-state index in [0.717, 1.165) is 18.0 Å². The van der Waals surface area contributed by atoms with Gasteiger partial charge in [0.25, 0.3) is 0 Å². The third kappa shape index (κ3) is 3.72. The summed E-state index contributed by atoms with van der Waals surface area (Å²) in [5.41, 5.74) is 0.911. The minimum atomic E-state index is -3.13. The maximum atomic E-state index is 11.6. The molecule has 1 aliphatic carbocycles. The van der Waals surface area contributed by atoms with Crippen LogP contribution in [0, 0.1) is 11.8 Å². The Bertz CT molecular complexity index is 539. The monoisotopic (exact) mass is 281 g/mol. The van der Waals surface area contributed by atoms with E-state index in [9.17, 15) is 8.42 Å². The topological polar surface area (TPSA) is 46.2 Å². The molecule has 3 nitrogen and oxygen atoms in total. The molecule has 0 bridgehead atoms. The van der Waals surface area contributed by atoms with Gasteiger partial charge in [0.2, 0.25) is 0 Å². The molecule has 0 spiro atoms. The second-order valence-electron chi connectivity index (χ2n) is 5.95. The van der Waals surface area contributed by atoms with Crippen molar-refractivity contribution in [3.05, 3.63) is 24.3 Å². The summed E-state index contributed by atoms with van der Waals surface area (Å²) < 4.78 is 23.1. The molecule has 1 fully saturated rings. The number of nitrogens with one attached hydrogen (secondary N) is 1. The van der Waals surface area contributed by atoms with Crippen LogP contribution in [-0.4, -0.2) is 20.7 Å². The van der Waals surface area contributed by atoms with Gasteiger partial charge in [-0.05, 0) is 42.9 Å². The fourth-order valence-corrected chi connectivity index (χ4v) is 3.43. The predicted molar refractivity (Wildman–Crippen MR) is 79.1 cm³/mol. The van der Waals surface area contributed by atoms with Gasteiger partial charge in [-0.15, -0.1) is 0 Å². The second-order valence-corrected chi connectivity index (χ2v) is 7.96. The number of anilines is 1. The van der Waals surface area contributed by atoms with Crippen LogP contribution in [0.1, 0.15) is 33.1 Å². The van der Waals surface area contributed by atoms with Crippen molar-refractivity contribution >= 4 is 15.5 Å². The minimum absolute atomic E-state index is 0.383. The average molecular weight is 281 g/mol. The Morgan fingerprint density at radius 2 is 1.95 bits per heavy atom. The van der Waals surface area contributed by atoms with Crippen LogP contribution in [0.2, 0.25) is 0 Å². The standard InChI is InChI=1S/C15H23NO2S/c1-11-7-8-12(2)15(9-11)16-13-5-4-6-14(10-13)19(3,17)18/h4-6,10-12,15-16H,7-9H2,1-3H3. The summed E-state index contributed by atoms with van der Waals surface area (Å²) in [4.78, 5) is 0.383. The molecule has 1 saturated carbocycles. The first-order chi connectivity index (χ1) is 8.86. The maximum absolute atomic E-state index is 11.6. The highest BCUT2D eigenvalue weighted by molar-refractivity contribution is 7.90. The minimum Gasteiger partial charge on any atom is -0.382 e. The highest BCUT2D eigenvalue weighted by Gasteiger charge is 2.25. The molecular formula is C15H23NO2S. The van der Waals surface area contributed by atoms with Crippen molar-refractivity contribution in [2.24, 2.45) is 11.8 Å². The molecule has 1 aromatic rings. The van der Waals surface area contributed by atoms with Gasteiger partial charge >= 0.3 is 0 Å². The Morgan fingerprint density at radius 1 is 1.21 bits per heavy atom. The van der Waals surface area contributed by atoms with Crippen molar-refractivity contribution in [3.63, 3.8) is 0 Å². The molecule has 0 amide bonds. The molecule has 1 aliphatic rings. The Morgan fingerprint density at radius 3 is 2.63 bits per heavy atom. The summed E-state index contributed by atoms with van der Waals surface area (Å²) in [5, 5.41) is 3.51. The van der Waals surface area contributed by atoms with Crippen molar-refractivity contribution in [3.8, 4) is 0 Å². The third-order valence-electron chi connectivity index (χ3n) is 4.07. The molecule has 0 radical (unpaired) electrons. The number of sulfone groups is 1. The van der Waals surface area contributed by atoms with Crippen molar-refractivity contribution in [1.29, 1.82) is 0 Å². The molecule has 1 aromatic carbocycles. The SMILES string of the molecule is CC1CCC(C)C(Nc2cccc(S(C)(=O)=O)c2)C1. The van der Waals surface area contributed by atoms with E-state index in [2.05, 4.69) is 19.2 Å². The van der Waals surface area contributed by atoms with E-state index in [1.54, 1.807) is 18.2 Å². The zero-order valence-electron chi connectivity index (χ0n) is 11.9. The van der Waals surface area contributed by atoms with Crippen LogP contribution in [0.15, 0.2) is 29.2 Å². The van der Waals surface area contributed by atoms with E-state index >= 15 is 0 Å². The summed E-state index contributed by atoms with van der Waals surface area (Å²) >= 11 is 0. The molecule has 0 saturated heterocycles. The van der Waals surface area contributed by atoms with E-state index in [4.69, 9.17) is 0 Å². The van der Waals surface area contributed by atoms with Gasteiger partial charge in [-0.3, -0.25) is 0 Å². The molecule has 3 atom stereocenters. The summed E-state index contributed by atoms with van der Waals surface area (Å²) in [6.07, 6.45) is 4.94. The summed E-state index contributed by atoms with van der Waals surface area (Å²) in [7, 11) is -3.13. The van der Waals surface area contributed by atoms with Gasteiger partial charge in [0.15, 0.2) is 9.84 Å². The fraction of sp³-hybridized carbons (Fsp3) is 0.600. The zero-order chi connectivity index (χ0) is 14.0. The molecule has 2 rings (SSSR count). The van der Waals surface area contributed by atoms with Crippen LogP contribution in [0.4, 0.5) is 5.69 Å². The van der Waals surface area contributed by atoms with Gasteiger partial charge in [-0.2, -0.15) is 0 Å². The predicted octanol–water partition coefficient (Wildman–Crippen LogP) is 3.33. The van der Waals surface area contributed by atoms with Crippen LogP contribution >= 0.6 is 0 Å². The molecule has 4 heteroatoms. The smallest absolute Gasteiger partial charge is 0.175 e. The lowest BCUT2D eigenvalue weighted by Gasteiger charge is -2.34. The molecule has 3 unspecified atom stereocenters. The zero-order valence-corrected chi connectivity index (χ0v) is 12.7. The lowest BCUT2D eigenvalue weighted by atomic mass is 9.80. The first kappa shape index (κ1) is 14.4. The quantitative estimate of drug-likeness (QED) is 0.924. The maximum Gasteiger partial charge on any atom is 0.175 e. The van der Waals surface area contributed by atoms with Gasteiger partial charge in [0.1, 0.15) is 0 Å². The fourth-order valence-electron chi connectivity index (χ4n) is 2.76. The summed E-state index contributed by atoms with van der Waals surface area (Å²) in [6.45, 7) is 4.55. The second kappa shape index (κ2) is 5.53. The lowest BCUT2D eigenvalue weighted by molar-refractivity contribution is 0.280. The molecule has 0 aromatic heterocycles. The number of rotatable bonds is 3. The largest absolute Gasteiger partial charge is 0.382 e. The third-order valence-corrected chi connectivity index (χ3v) is 5.18. The van der Waals surface area contributed by atoms with E-state index < -0.39 is 9.84 Å². The van der Waals surface area contributed by atoms with Crippen LogP contribution < -0.4 is 5.32 Å². The summed E-state index contributed by atoms with van der Waals surface area (Å²) in [6, 6.07) is 7.57. The molecule has 1 N–H and O–H groups in total. The van der Waals surface area contributed by atoms with E-state index in [1.807, 2.05) is 6.07 Å². The van der Waals surface area contributed by atoms with Crippen molar-refractivity contribution in [2.45, 2.75) is 44.0 Å². The van der Waals surface area contributed by atoms with Crippen LogP contribution in [0.5, 0.6) is 0 Å². The molecular weight excluding hydrogens is 258 g/mol. The van der Waals surface area contributed by atoms with Gasteiger partial charge < -0.3 is 5.32 Å². The lowest BCUT2D eigenvalue weighted by Crippen LogP contribution is -2.33. The van der Waals surface area contributed by atoms with Crippen LogP contribution in [-0.2, 0) is 9.84 Å². The van der Waals surface area contributed by atoms with E-state index in [1.165, 1.54) is 19.1 Å². The number of hydrogen-bond donors (Lipinski definition) is 1. The number of benzene rings is 1. The van der Waals surface area contributed by atoms with Crippen molar-refractivity contribution < 1.29 is 8.42 Å². The van der Waals surface area contributed by atoms with E-state index in [0.29, 0.717) is 16.9 Å². The first-order valence-electron chi connectivity index (χ1n) is 6.93. The highest BCUT2D eigenvalue weighted by atomic mass is 32.2. The van der Waals surface area contributed by atoms with Crippen LogP contribution in [0.25, 0.3) is 0 Å².